The summed E-state index contributed by atoms with van der Waals surface area (Å²) in [7, 11) is 2.93. The highest BCUT2D eigenvalue weighted by atomic mass is 32.1. The van der Waals surface area contributed by atoms with Crippen LogP contribution in [-0.4, -0.2) is 42.6 Å². The molecule has 0 aliphatic rings. The minimum Gasteiger partial charge on any atom is -0.468 e. The zero-order valence-electron chi connectivity index (χ0n) is 14.3. The van der Waals surface area contributed by atoms with Crippen LogP contribution < -0.4 is 5.32 Å². The molecule has 0 saturated heterocycles. The van der Waals surface area contributed by atoms with Crippen molar-refractivity contribution in [1.82, 2.24) is 15.2 Å². The fraction of sp³-hybridized carbons (Fsp3) is 0.667. The first kappa shape index (κ1) is 20.4. The number of esters is 1. The Hall–Kier alpha value is -1.63. The molecule has 0 aromatic carbocycles. The molecule has 2 amide bonds. The molecule has 1 aromatic rings. The van der Waals surface area contributed by atoms with E-state index in [1.807, 2.05) is 5.38 Å². The van der Waals surface area contributed by atoms with Gasteiger partial charge in [0.15, 0.2) is 0 Å². The van der Waals surface area contributed by atoms with Gasteiger partial charge in [-0.1, -0.05) is 34.1 Å². The molecule has 7 heteroatoms. The molecule has 6 nitrogen and oxygen atoms in total. The lowest BCUT2D eigenvalue weighted by molar-refractivity contribution is -0.139. The predicted molar refractivity (Wildman–Crippen MR) is 89.0 cm³/mol. The number of ether oxygens (including phenoxy) is 1. The number of hydrogen-bond donors (Lipinski definition) is 1. The Morgan fingerprint density at radius 2 is 2.00 bits per heavy atom. The molecule has 0 unspecified atom stereocenters. The molecule has 0 aliphatic carbocycles. The summed E-state index contributed by atoms with van der Waals surface area (Å²) in [6.45, 7) is 8.69. The predicted octanol–water partition coefficient (Wildman–Crippen LogP) is 3.00. The second-order valence-electron chi connectivity index (χ2n) is 5.13. The van der Waals surface area contributed by atoms with Gasteiger partial charge in [-0.3, -0.25) is 4.79 Å². The second-order valence-corrected chi connectivity index (χ2v) is 6.02. The maximum atomic E-state index is 11.7. The van der Waals surface area contributed by atoms with E-state index in [1.165, 1.54) is 18.4 Å². The van der Waals surface area contributed by atoms with Gasteiger partial charge in [0.25, 0.3) is 0 Å². The van der Waals surface area contributed by atoms with Crippen molar-refractivity contribution in [3.8, 4) is 0 Å². The summed E-state index contributed by atoms with van der Waals surface area (Å²) < 4.78 is 4.45. The van der Waals surface area contributed by atoms with Crippen LogP contribution in [0.25, 0.3) is 0 Å². The van der Waals surface area contributed by atoms with Crippen LogP contribution in [0.15, 0.2) is 5.38 Å². The highest BCUT2D eigenvalue weighted by Crippen LogP contribution is 2.19. The Labute approximate surface area is 136 Å². The summed E-state index contributed by atoms with van der Waals surface area (Å²) in [5, 5.41) is 5.47. The van der Waals surface area contributed by atoms with E-state index in [2.05, 4.69) is 42.7 Å². The van der Waals surface area contributed by atoms with Gasteiger partial charge in [-0.05, 0) is 0 Å². The minimum atomic E-state index is -0.475. The number of rotatable bonds is 5. The van der Waals surface area contributed by atoms with Crippen molar-refractivity contribution in [2.24, 2.45) is 0 Å². The first-order valence-corrected chi connectivity index (χ1v) is 8.23. The van der Waals surface area contributed by atoms with Gasteiger partial charge in [-0.25, -0.2) is 9.78 Å². The number of hydrogen-bond acceptors (Lipinski definition) is 5. The Balaban J connectivity index is 0.00000135. The summed E-state index contributed by atoms with van der Waals surface area (Å²) in [6.07, 6.45) is 1.25. The van der Waals surface area contributed by atoms with Crippen LogP contribution in [0.3, 0.4) is 0 Å². The van der Waals surface area contributed by atoms with Crippen LogP contribution in [-0.2, 0) is 16.1 Å². The van der Waals surface area contributed by atoms with Crippen LogP contribution in [0.2, 0.25) is 0 Å². The number of carbonyl (C=O) groups is 2. The molecule has 126 valence electrons. The SMILES string of the molecule is CCC.COC(=O)CNC(=O)N(C)Cc1csc(C(C)C)n1. The number of amides is 2. The van der Waals surface area contributed by atoms with E-state index in [4.69, 9.17) is 0 Å². The number of methoxy groups -OCH3 is 1. The Morgan fingerprint density at radius 1 is 1.41 bits per heavy atom. The molecule has 0 saturated carbocycles. The summed E-state index contributed by atoms with van der Waals surface area (Å²) in [5.41, 5.74) is 0.851. The molecule has 1 rings (SSSR count). The van der Waals surface area contributed by atoms with Gasteiger partial charge in [0.05, 0.1) is 24.4 Å². The third-order valence-corrected chi connectivity index (χ3v) is 3.62. The number of carbonyl (C=O) groups excluding carboxylic acids is 2. The van der Waals surface area contributed by atoms with E-state index < -0.39 is 5.97 Å². The van der Waals surface area contributed by atoms with Crippen LogP contribution in [0.1, 0.15) is 50.7 Å². The van der Waals surface area contributed by atoms with Crippen LogP contribution >= 0.6 is 11.3 Å². The van der Waals surface area contributed by atoms with Crippen molar-refractivity contribution >= 4 is 23.3 Å². The molecule has 0 aliphatic heterocycles. The molecule has 1 N–H and O–H groups in total. The van der Waals surface area contributed by atoms with Crippen molar-refractivity contribution in [2.45, 2.75) is 46.6 Å². The van der Waals surface area contributed by atoms with Crippen LogP contribution in [0.5, 0.6) is 0 Å². The highest BCUT2D eigenvalue weighted by Gasteiger charge is 2.13. The van der Waals surface area contributed by atoms with E-state index in [0.29, 0.717) is 12.5 Å². The zero-order chi connectivity index (χ0) is 17.1. The number of aromatic nitrogens is 1. The maximum Gasteiger partial charge on any atom is 0.325 e. The normalized spacial score (nSPS) is 9.77. The van der Waals surface area contributed by atoms with Gasteiger partial charge in [-0.15, -0.1) is 11.3 Å². The molecule has 0 fully saturated rings. The lowest BCUT2D eigenvalue weighted by Gasteiger charge is -2.16. The monoisotopic (exact) mass is 329 g/mol. The molecular weight excluding hydrogens is 302 g/mol. The first-order valence-electron chi connectivity index (χ1n) is 7.35. The van der Waals surface area contributed by atoms with Crippen molar-refractivity contribution < 1.29 is 14.3 Å². The Morgan fingerprint density at radius 3 is 2.45 bits per heavy atom. The topological polar surface area (TPSA) is 71.5 Å². The van der Waals surface area contributed by atoms with Crippen LogP contribution in [0, 0.1) is 0 Å². The van der Waals surface area contributed by atoms with Gasteiger partial charge in [0.1, 0.15) is 6.54 Å². The average molecular weight is 329 g/mol. The first-order chi connectivity index (χ1) is 10.3. The average Bonchev–Trinajstić information content (AvgIpc) is 2.93. The quantitative estimate of drug-likeness (QED) is 0.843. The van der Waals surface area contributed by atoms with Gasteiger partial charge in [0.2, 0.25) is 0 Å². The van der Waals surface area contributed by atoms with E-state index in [1.54, 1.807) is 18.4 Å². The standard InChI is InChI=1S/C12H19N3O3S.C3H8/c1-8(2)11-14-9(7-19-11)6-15(3)12(17)13-5-10(16)18-4;1-3-2/h7-8H,5-6H2,1-4H3,(H,13,17);3H2,1-2H3. The molecule has 0 bridgehead atoms. The lowest BCUT2D eigenvalue weighted by atomic mass is 10.2. The molecule has 0 atom stereocenters. The molecule has 22 heavy (non-hydrogen) atoms. The molecule has 0 spiro atoms. The number of thiazole rings is 1. The summed E-state index contributed by atoms with van der Waals surface area (Å²) in [6, 6.07) is -0.329. The van der Waals surface area contributed by atoms with Gasteiger partial charge in [-0.2, -0.15) is 0 Å². The van der Waals surface area contributed by atoms with E-state index >= 15 is 0 Å². The number of nitrogens with one attached hydrogen (secondary N) is 1. The Kier molecular flexibility index (Phi) is 10.2. The summed E-state index contributed by atoms with van der Waals surface area (Å²) in [5.74, 6) is -0.0882. The summed E-state index contributed by atoms with van der Waals surface area (Å²) >= 11 is 1.59. The molecule has 1 heterocycles. The van der Waals surface area contributed by atoms with Crippen molar-refractivity contribution in [3.05, 3.63) is 16.1 Å². The third-order valence-electron chi connectivity index (χ3n) is 2.42. The lowest BCUT2D eigenvalue weighted by Crippen LogP contribution is -2.39. The van der Waals surface area contributed by atoms with Crippen molar-refractivity contribution in [3.63, 3.8) is 0 Å². The highest BCUT2D eigenvalue weighted by molar-refractivity contribution is 7.09. The smallest absolute Gasteiger partial charge is 0.325 e. The largest absolute Gasteiger partial charge is 0.468 e. The third kappa shape index (κ3) is 7.97. The molecule has 1 aromatic heterocycles. The van der Waals surface area contributed by atoms with E-state index in [9.17, 15) is 9.59 Å². The second kappa shape index (κ2) is 11.0. The van der Waals surface area contributed by atoms with Gasteiger partial charge < -0.3 is 15.0 Å². The van der Waals surface area contributed by atoms with E-state index in [-0.39, 0.29) is 12.6 Å². The molecule has 0 radical (unpaired) electrons. The van der Waals surface area contributed by atoms with Crippen molar-refractivity contribution in [1.29, 1.82) is 0 Å². The number of nitrogens with zero attached hydrogens (tertiary/aromatic N) is 2. The fourth-order valence-electron chi connectivity index (χ4n) is 1.33. The van der Waals surface area contributed by atoms with Gasteiger partial charge >= 0.3 is 12.0 Å². The van der Waals surface area contributed by atoms with E-state index in [0.717, 1.165) is 10.7 Å². The Bertz CT molecular complexity index is 461. The summed E-state index contributed by atoms with van der Waals surface area (Å²) in [4.78, 5) is 28.5. The molecular formula is C15H27N3O3S. The van der Waals surface area contributed by atoms with Crippen LogP contribution in [0.4, 0.5) is 4.79 Å². The fourth-order valence-corrected chi connectivity index (χ4v) is 2.16. The zero-order valence-corrected chi connectivity index (χ0v) is 15.1. The van der Waals surface area contributed by atoms with Gasteiger partial charge in [0, 0.05) is 18.3 Å². The number of urea groups is 1. The maximum absolute atomic E-state index is 11.7. The van der Waals surface area contributed by atoms with Crippen molar-refractivity contribution in [2.75, 3.05) is 20.7 Å². The minimum absolute atomic E-state index is 0.131.